The number of carbonyl (C=O) groups is 2. The lowest BCUT2D eigenvalue weighted by molar-refractivity contribution is -0.116. The second-order valence-corrected chi connectivity index (χ2v) is 8.81. The summed E-state index contributed by atoms with van der Waals surface area (Å²) in [5.74, 6) is 0.195. The van der Waals surface area contributed by atoms with E-state index in [1.54, 1.807) is 36.4 Å². The standard InChI is InChI=1S/C21H26N2O5S/c1-4-14-28-18-10-8-16(9-11-18)20(24)12-13-21(25)22-17-6-5-7-19(15-17)29(26,27)23(2)3/h5-11,15H,4,12-14H2,1-3H3,(H,22,25). The molecule has 29 heavy (non-hydrogen) atoms. The molecule has 0 spiro atoms. The largest absolute Gasteiger partial charge is 0.494 e. The maximum absolute atomic E-state index is 12.3. The number of carbonyl (C=O) groups excluding carboxylic acids is 2. The molecular formula is C21H26N2O5S. The van der Waals surface area contributed by atoms with Crippen LogP contribution in [-0.4, -0.2) is 45.1 Å². The van der Waals surface area contributed by atoms with E-state index in [0.717, 1.165) is 10.7 Å². The molecule has 1 N–H and O–H groups in total. The van der Waals surface area contributed by atoms with Gasteiger partial charge in [0, 0.05) is 38.2 Å². The molecule has 0 aliphatic rings. The van der Waals surface area contributed by atoms with Crippen LogP contribution in [0.15, 0.2) is 53.4 Å². The number of Topliss-reactive ketones (excluding diaryl/α,β-unsaturated/α-hetero) is 1. The van der Waals surface area contributed by atoms with E-state index >= 15 is 0 Å². The van der Waals surface area contributed by atoms with E-state index in [1.807, 2.05) is 6.92 Å². The molecule has 0 aliphatic heterocycles. The Hall–Kier alpha value is -2.71. The predicted octanol–water partition coefficient (Wildman–Crippen LogP) is 3.33. The fraction of sp³-hybridized carbons (Fsp3) is 0.333. The highest BCUT2D eigenvalue weighted by Crippen LogP contribution is 2.19. The molecular weight excluding hydrogens is 392 g/mol. The highest BCUT2D eigenvalue weighted by atomic mass is 32.2. The molecule has 1 amide bonds. The Labute approximate surface area is 171 Å². The maximum atomic E-state index is 12.3. The summed E-state index contributed by atoms with van der Waals surface area (Å²) in [7, 11) is -0.711. The Kier molecular flexibility index (Phi) is 7.92. The van der Waals surface area contributed by atoms with Crippen LogP contribution in [0.2, 0.25) is 0 Å². The van der Waals surface area contributed by atoms with E-state index in [1.165, 1.54) is 26.2 Å². The highest BCUT2D eigenvalue weighted by Gasteiger charge is 2.18. The molecule has 0 radical (unpaired) electrons. The van der Waals surface area contributed by atoms with Gasteiger partial charge in [0.25, 0.3) is 0 Å². The van der Waals surface area contributed by atoms with Crippen LogP contribution in [0.4, 0.5) is 5.69 Å². The first-order chi connectivity index (χ1) is 13.7. The predicted molar refractivity (Wildman–Crippen MR) is 112 cm³/mol. The number of anilines is 1. The first-order valence-electron chi connectivity index (χ1n) is 9.32. The summed E-state index contributed by atoms with van der Waals surface area (Å²) < 4.78 is 31.0. The number of ether oxygens (including phenoxy) is 1. The van der Waals surface area contributed by atoms with Crippen molar-refractivity contribution < 1.29 is 22.7 Å². The molecule has 0 aromatic heterocycles. The molecule has 7 nitrogen and oxygen atoms in total. The van der Waals surface area contributed by atoms with E-state index in [-0.39, 0.29) is 29.4 Å². The molecule has 0 bridgehead atoms. The van der Waals surface area contributed by atoms with Gasteiger partial charge in [-0.1, -0.05) is 13.0 Å². The highest BCUT2D eigenvalue weighted by molar-refractivity contribution is 7.89. The van der Waals surface area contributed by atoms with Crippen molar-refractivity contribution >= 4 is 27.4 Å². The van der Waals surface area contributed by atoms with Crippen LogP contribution in [0.5, 0.6) is 5.75 Å². The zero-order chi connectivity index (χ0) is 21.4. The molecule has 156 valence electrons. The van der Waals surface area contributed by atoms with Gasteiger partial charge in [0.05, 0.1) is 11.5 Å². The average molecular weight is 419 g/mol. The lowest BCUT2D eigenvalue weighted by Crippen LogP contribution is -2.22. The average Bonchev–Trinajstić information content (AvgIpc) is 2.71. The lowest BCUT2D eigenvalue weighted by atomic mass is 10.1. The Bertz CT molecular complexity index is 953. The summed E-state index contributed by atoms with van der Waals surface area (Å²) in [6.07, 6.45) is 0.952. The molecule has 2 rings (SSSR count). The summed E-state index contributed by atoms with van der Waals surface area (Å²) in [5, 5.41) is 2.64. The molecule has 0 unspecified atom stereocenters. The second-order valence-electron chi connectivity index (χ2n) is 6.66. The summed E-state index contributed by atoms with van der Waals surface area (Å²) >= 11 is 0. The normalized spacial score (nSPS) is 11.3. The molecule has 2 aromatic rings. The van der Waals surface area contributed by atoms with Crippen LogP contribution in [-0.2, 0) is 14.8 Å². The van der Waals surface area contributed by atoms with Gasteiger partial charge in [-0.2, -0.15) is 0 Å². The van der Waals surface area contributed by atoms with E-state index in [2.05, 4.69) is 5.32 Å². The van der Waals surface area contributed by atoms with Crippen molar-refractivity contribution in [2.45, 2.75) is 31.1 Å². The Morgan fingerprint density at radius 2 is 1.72 bits per heavy atom. The number of rotatable bonds is 10. The topological polar surface area (TPSA) is 92.8 Å². The van der Waals surface area contributed by atoms with Gasteiger partial charge in [0.1, 0.15) is 5.75 Å². The van der Waals surface area contributed by atoms with Gasteiger partial charge < -0.3 is 10.1 Å². The Morgan fingerprint density at radius 3 is 2.34 bits per heavy atom. The van der Waals surface area contributed by atoms with Crippen LogP contribution in [0.3, 0.4) is 0 Å². The molecule has 8 heteroatoms. The summed E-state index contributed by atoms with van der Waals surface area (Å²) in [6, 6.07) is 12.8. The van der Waals surface area contributed by atoms with Crippen molar-refractivity contribution in [2.75, 3.05) is 26.0 Å². The van der Waals surface area contributed by atoms with Gasteiger partial charge in [0.15, 0.2) is 5.78 Å². The third-order valence-electron chi connectivity index (χ3n) is 4.12. The molecule has 0 atom stereocenters. The van der Waals surface area contributed by atoms with Crippen molar-refractivity contribution in [3.8, 4) is 5.75 Å². The third-order valence-corrected chi connectivity index (χ3v) is 5.94. The molecule has 0 fully saturated rings. The number of nitrogens with zero attached hydrogens (tertiary/aromatic N) is 1. The molecule has 0 heterocycles. The number of hydrogen-bond donors (Lipinski definition) is 1. The fourth-order valence-corrected chi connectivity index (χ4v) is 3.45. The van der Waals surface area contributed by atoms with Gasteiger partial charge >= 0.3 is 0 Å². The van der Waals surface area contributed by atoms with Crippen LogP contribution < -0.4 is 10.1 Å². The SMILES string of the molecule is CCCOc1ccc(C(=O)CCC(=O)Nc2cccc(S(=O)(=O)N(C)C)c2)cc1. The van der Waals surface area contributed by atoms with Gasteiger partial charge in [-0.3, -0.25) is 9.59 Å². The summed E-state index contributed by atoms with van der Waals surface area (Å²) in [6.45, 7) is 2.63. The zero-order valence-electron chi connectivity index (χ0n) is 16.8. The minimum Gasteiger partial charge on any atom is -0.494 e. The van der Waals surface area contributed by atoms with Crippen molar-refractivity contribution in [3.05, 3.63) is 54.1 Å². The Morgan fingerprint density at radius 1 is 1.03 bits per heavy atom. The Balaban J connectivity index is 1.92. The van der Waals surface area contributed by atoms with Crippen molar-refractivity contribution in [1.29, 1.82) is 0 Å². The van der Waals surface area contributed by atoms with Gasteiger partial charge in [0.2, 0.25) is 15.9 Å². The first kappa shape index (κ1) is 22.6. The van der Waals surface area contributed by atoms with E-state index in [9.17, 15) is 18.0 Å². The summed E-state index contributed by atoms with van der Waals surface area (Å²) in [4.78, 5) is 24.5. The molecule has 2 aromatic carbocycles. The van der Waals surface area contributed by atoms with Crippen LogP contribution >= 0.6 is 0 Å². The fourth-order valence-electron chi connectivity index (χ4n) is 2.50. The number of nitrogens with one attached hydrogen (secondary N) is 1. The lowest BCUT2D eigenvalue weighted by Gasteiger charge is -2.12. The van der Waals surface area contributed by atoms with Gasteiger partial charge in [-0.05, 0) is 48.9 Å². The smallest absolute Gasteiger partial charge is 0.242 e. The summed E-state index contributed by atoms with van der Waals surface area (Å²) in [5.41, 5.74) is 0.878. The van der Waals surface area contributed by atoms with Crippen molar-refractivity contribution in [2.24, 2.45) is 0 Å². The number of sulfonamides is 1. The minimum absolute atomic E-state index is 0.00240. The number of amides is 1. The quantitative estimate of drug-likeness (QED) is 0.598. The van der Waals surface area contributed by atoms with E-state index < -0.39 is 10.0 Å². The second kappa shape index (κ2) is 10.2. The van der Waals surface area contributed by atoms with Gasteiger partial charge in [-0.15, -0.1) is 0 Å². The van der Waals surface area contributed by atoms with Crippen molar-refractivity contribution in [1.82, 2.24) is 4.31 Å². The number of benzene rings is 2. The van der Waals surface area contributed by atoms with E-state index in [4.69, 9.17) is 4.74 Å². The molecule has 0 saturated carbocycles. The van der Waals surface area contributed by atoms with Gasteiger partial charge in [-0.25, -0.2) is 12.7 Å². The monoisotopic (exact) mass is 418 g/mol. The van der Waals surface area contributed by atoms with Crippen LogP contribution in [0.25, 0.3) is 0 Å². The maximum Gasteiger partial charge on any atom is 0.242 e. The van der Waals surface area contributed by atoms with Crippen LogP contribution in [0.1, 0.15) is 36.5 Å². The van der Waals surface area contributed by atoms with Crippen LogP contribution in [0, 0.1) is 0 Å². The minimum atomic E-state index is -3.59. The molecule has 0 aliphatic carbocycles. The molecule has 0 saturated heterocycles. The first-order valence-corrected chi connectivity index (χ1v) is 10.8. The zero-order valence-corrected chi connectivity index (χ0v) is 17.7. The number of hydrogen-bond acceptors (Lipinski definition) is 5. The number of ketones is 1. The van der Waals surface area contributed by atoms with E-state index in [0.29, 0.717) is 23.6 Å². The third kappa shape index (κ3) is 6.40. The van der Waals surface area contributed by atoms with Crippen molar-refractivity contribution in [3.63, 3.8) is 0 Å².